The Balaban J connectivity index is 2.32. The van der Waals surface area contributed by atoms with Crippen molar-refractivity contribution in [3.05, 3.63) is 63.1 Å². The Kier molecular flexibility index (Phi) is 4.98. The van der Waals surface area contributed by atoms with Gasteiger partial charge in [0.25, 0.3) is 5.91 Å². The molecular weight excluding hydrogens is 358 g/mol. The average molecular weight is 369 g/mol. The number of ether oxygens (including phenoxy) is 1. The molecule has 2 rings (SSSR count). The zero-order valence-electron chi connectivity index (χ0n) is 11.0. The van der Waals surface area contributed by atoms with Crippen LogP contribution in [0.4, 0.5) is 5.69 Å². The number of carbonyl (C=O) groups is 2. The quantitative estimate of drug-likeness (QED) is 0.828. The first-order chi connectivity index (χ1) is 10.0. The molecule has 0 fully saturated rings. The van der Waals surface area contributed by atoms with E-state index >= 15 is 0 Å². The molecule has 0 aliphatic carbocycles. The van der Waals surface area contributed by atoms with Crippen molar-refractivity contribution in [2.75, 3.05) is 12.4 Å². The summed E-state index contributed by atoms with van der Waals surface area (Å²) in [5.41, 5.74) is 0.954. The largest absolute Gasteiger partial charge is 0.465 e. The summed E-state index contributed by atoms with van der Waals surface area (Å²) in [4.78, 5) is 23.9. The Labute approximate surface area is 135 Å². The highest BCUT2D eigenvalue weighted by molar-refractivity contribution is 9.10. The maximum Gasteiger partial charge on any atom is 0.339 e. The molecule has 6 heteroatoms. The number of halogens is 2. The fourth-order valence-electron chi connectivity index (χ4n) is 1.74. The van der Waals surface area contributed by atoms with Crippen LogP contribution in [0.2, 0.25) is 5.02 Å². The second-order valence-corrected chi connectivity index (χ2v) is 5.44. The molecule has 4 nitrogen and oxygen atoms in total. The SMILES string of the molecule is COC(=O)c1ccccc1NC(=O)c1cc(Br)ccc1Cl. The Hall–Kier alpha value is -1.85. The minimum absolute atomic E-state index is 0.277. The third-order valence-electron chi connectivity index (χ3n) is 2.75. The van der Waals surface area contributed by atoms with Crippen molar-refractivity contribution in [3.63, 3.8) is 0 Å². The Morgan fingerprint density at radius 3 is 2.57 bits per heavy atom. The molecule has 2 aromatic rings. The first kappa shape index (κ1) is 15.5. The Bertz CT molecular complexity index is 703. The maximum atomic E-state index is 12.3. The molecule has 0 unspecified atom stereocenters. The third-order valence-corrected chi connectivity index (χ3v) is 3.58. The molecule has 0 atom stereocenters. The molecule has 21 heavy (non-hydrogen) atoms. The van der Waals surface area contributed by atoms with Gasteiger partial charge in [-0.1, -0.05) is 39.7 Å². The molecule has 0 bridgehead atoms. The van der Waals surface area contributed by atoms with Crippen molar-refractivity contribution >= 4 is 45.1 Å². The van der Waals surface area contributed by atoms with Crippen LogP contribution in [-0.4, -0.2) is 19.0 Å². The van der Waals surface area contributed by atoms with E-state index in [2.05, 4.69) is 26.0 Å². The third kappa shape index (κ3) is 3.62. The average Bonchev–Trinajstić information content (AvgIpc) is 2.49. The van der Waals surface area contributed by atoms with Crippen LogP contribution < -0.4 is 5.32 Å². The summed E-state index contributed by atoms with van der Waals surface area (Å²) in [6, 6.07) is 11.6. The normalized spacial score (nSPS) is 10.0. The first-order valence-electron chi connectivity index (χ1n) is 5.96. The van der Waals surface area contributed by atoms with Gasteiger partial charge in [-0.25, -0.2) is 4.79 Å². The number of hydrogen-bond acceptors (Lipinski definition) is 3. The van der Waals surface area contributed by atoms with Crippen LogP contribution in [0.5, 0.6) is 0 Å². The summed E-state index contributed by atoms with van der Waals surface area (Å²) < 4.78 is 5.42. The summed E-state index contributed by atoms with van der Waals surface area (Å²) in [5, 5.41) is 2.99. The second kappa shape index (κ2) is 6.74. The van der Waals surface area contributed by atoms with Gasteiger partial charge in [0, 0.05) is 4.47 Å². The zero-order chi connectivity index (χ0) is 15.4. The molecule has 2 aromatic carbocycles. The van der Waals surface area contributed by atoms with E-state index in [4.69, 9.17) is 11.6 Å². The second-order valence-electron chi connectivity index (χ2n) is 4.12. The lowest BCUT2D eigenvalue weighted by Gasteiger charge is -2.10. The van der Waals surface area contributed by atoms with E-state index in [1.54, 1.807) is 42.5 Å². The van der Waals surface area contributed by atoms with Gasteiger partial charge in [0.15, 0.2) is 0 Å². The predicted octanol–water partition coefficient (Wildman–Crippen LogP) is 4.14. The molecule has 1 amide bonds. The first-order valence-corrected chi connectivity index (χ1v) is 7.13. The number of rotatable bonds is 3. The molecule has 1 N–H and O–H groups in total. The highest BCUT2D eigenvalue weighted by Crippen LogP contribution is 2.23. The van der Waals surface area contributed by atoms with E-state index in [1.165, 1.54) is 7.11 Å². The van der Waals surface area contributed by atoms with Crippen LogP contribution in [0.15, 0.2) is 46.9 Å². The van der Waals surface area contributed by atoms with E-state index in [0.29, 0.717) is 16.3 Å². The minimum atomic E-state index is -0.522. The van der Waals surface area contributed by atoms with Crippen LogP contribution >= 0.6 is 27.5 Å². The number of amides is 1. The van der Waals surface area contributed by atoms with Gasteiger partial charge >= 0.3 is 5.97 Å². The monoisotopic (exact) mass is 367 g/mol. The lowest BCUT2D eigenvalue weighted by atomic mass is 10.1. The number of esters is 1. The van der Waals surface area contributed by atoms with Gasteiger partial charge in [-0.05, 0) is 30.3 Å². The summed E-state index contributed by atoms with van der Waals surface area (Å²) in [6.45, 7) is 0. The topological polar surface area (TPSA) is 55.4 Å². The van der Waals surface area contributed by atoms with Gasteiger partial charge in [0.05, 0.1) is 28.9 Å². The predicted molar refractivity (Wildman–Crippen MR) is 84.9 cm³/mol. The Morgan fingerprint density at radius 1 is 1.14 bits per heavy atom. The van der Waals surface area contributed by atoms with Gasteiger partial charge in [0.1, 0.15) is 0 Å². The number of carbonyl (C=O) groups excluding carboxylic acids is 2. The highest BCUT2D eigenvalue weighted by Gasteiger charge is 2.16. The molecule has 0 saturated carbocycles. The van der Waals surface area contributed by atoms with E-state index < -0.39 is 11.9 Å². The van der Waals surface area contributed by atoms with Crippen molar-refractivity contribution in [1.82, 2.24) is 0 Å². The maximum absolute atomic E-state index is 12.3. The highest BCUT2D eigenvalue weighted by atomic mass is 79.9. The number of methoxy groups -OCH3 is 1. The number of anilines is 1. The van der Waals surface area contributed by atoms with Crippen LogP contribution in [0.1, 0.15) is 20.7 Å². The van der Waals surface area contributed by atoms with Gasteiger partial charge < -0.3 is 10.1 Å². The number of benzene rings is 2. The molecular formula is C15H11BrClNO3. The zero-order valence-corrected chi connectivity index (χ0v) is 13.4. The van der Waals surface area contributed by atoms with Crippen molar-refractivity contribution in [3.8, 4) is 0 Å². The molecule has 108 valence electrons. The lowest BCUT2D eigenvalue weighted by molar-refractivity contribution is 0.0602. The number of para-hydroxylation sites is 1. The lowest BCUT2D eigenvalue weighted by Crippen LogP contribution is -2.15. The van der Waals surface area contributed by atoms with Crippen molar-refractivity contribution < 1.29 is 14.3 Å². The summed E-state index contributed by atoms with van der Waals surface area (Å²) >= 11 is 9.30. The molecule has 0 heterocycles. The summed E-state index contributed by atoms with van der Waals surface area (Å²) in [5.74, 6) is -0.927. The van der Waals surface area contributed by atoms with E-state index in [9.17, 15) is 9.59 Å². The van der Waals surface area contributed by atoms with E-state index in [0.717, 1.165) is 4.47 Å². The van der Waals surface area contributed by atoms with Crippen LogP contribution in [0.25, 0.3) is 0 Å². The van der Waals surface area contributed by atoms with Gasteiger partial charge in [-0.2, -0.15) is 0 Å². The molecule has 0 radical (unpaired) electrons. The Morgan fingerprint density at radius 2 is 1.86 bits per heavy atom. The standard InChI is InChI=1S/C15H11BrClNO3/c1-21-15(20)10-4-2-3-5-13(10)18-14(19)11-8-9(16)6-7-12(11)17/h2-8H,1H3,(H,18,19). The summed E-state index contributed by atoms with van der Waals surface area (Å²) in [7, 11) is 1.28. The smallest absolute Gasteiger partial charge is 0.339 e. The van der Waals surface area contributed by atoms with Crippen LogP contribution in [0, 0.1) is 0 Å². The van der Waals surface area contributed by atoms with Crippen LogP contribution in [0.3, 0.4) is 0 Å². The van der Waals surface area contributed by atoms with Crippen molar-refractivity contribution in [2.24, 2.45) is 0 Å². The van der Waals surface area contributed by atoms with E-state index in [-0.39, 0.29) is 5.56 Å². The summed E-state index contributed by atoms with van der Waals surface area (Å²) in [6.07, 6.45) is 0. The van der Waals surface area contributed by atoms with Crippen molar-refractivity contribution in [1.29, 1.82) is 0 Å². The minimum Gasteiger partial charge on any atom is -0.465 e. The molecule has 0 aromatic heterocycles. The number of nitrogens with one attached hydrogen (secondary N) is 1. The fourth-order valence-corrected chi connectivity index (χ4v) is 2.31. The number of hydrogen-bond donors (Lipinski definition) is 1. The molecule has 0 aliphatic heterocycles. The van der Waals surface area contributed by atoms with Crippen LogP contribution in [-0.2, 0) is 4.74 Å². The fraction of sp³-hybridized carbons (Fsp3) is 0.0667. The van der Waals surface area contributed by atoms with Crippen molar-refractivity contribution in [2.45, 2.75) is 0 Å². The van der Waals surface area contributed by atoms with Gasteiger partial charge in [-0.3, -0.25) is 4.79 Å². The molecule has 0 spiro atoms. The molecule has 0 aliphatic rings. The van der Waals surface area contributed by atoms with Gasteiger partial charge in [-0.15, -0.1) is 0 Å². The van der Waals surface area contributed by atoms with E-state index in [1.807, 2.05) is 0 Å². The van der Waals surface area contributed by atoms with Gasteiger partial charge in [0.2, 0.25) is 0 Å². The molecule has 0 saturated heterocycles.